The number of thiazole rings is 1. The molecule has 0 aromatic carbocycles. The van der Waals surface area contributed by atoms with Gasteiger partial charge in [0.05, 0.1) is 23.7 Å². The smallest absolute Gasteiger partial charge is 0.443 e. The summed E-state index contributed by atoms with van der Waals surface area (Å²) in [6.45, 7) is 0. The molecule has 0 unspecified atom stereocenters. The highest BCUT2D eigenvalue weighted by Gasteiger charge is 2.35. The Kier molecular flexibility index (Phi) is 3.52. The van der Waals surface area contributed by atoms with Gasteiger partial charge >= 0.3 is 6.18 Å². The number of pyridine rings is 1. The van der Waals surface area contributed by atoms with Gasteiger partial charge < -0.3 is 4.74 Å². The van der Waals surface area contributed by atoms with Crippen molar-refractivity contribution in [3.05, 3.63) is 40.1 Å². The van der Waals surface area contributed by atoms with E-state index in [-0.39, 0.29) is 16.2 Å². The van der Waals surface area contributed by atoms with Crippen LogP contribution in [0, 0.1) is 0 Å². The summed E-state index contributed by atoms with van der Waals surface area (Å²) in [5.74, 6) is -0.373. The monoisotopic (exact) mass is 288 g/mol. The summed E-state index contributed by atoms with van der Waals surface area (Å²) in [6.07, 6.45) is -0.957. The Morgan fingerprint density at radius 2 is 2.11 bits per heavy atom. The maximum atomic E-state index is 12.4. The van der Waals surface area contributed by atoms with Crippen molar-refractivity contribution in [3.8, 4) is 5.75 Å². The largest absolute Gasteiger partial charge is 0.494 e. The number of halogens is 3. The van der Waals surface area contributed by atoms with E-state index in [2.05, 4.69) is 9.97 Å². The molecule has 0 aliphatic carbocycles. The van der Waals surface area contributed by atoms with Crippen LogP contribution in [-0.2, 0) is 6.18 Å². The Morgan fingerprint density at radius 1 is 1.37 bits per heavy atom. The Balaban J connectivity index is 2.37. The molecule has 0 spiro atoms. The lowest BCUT2D eigenvalue weighted by Gasteiger charge is -2.04. The van der Waals surface area contributed by atoms with Crippen molar-refractivity contribution < 1.29 is 22.7 Å². The summed E-state index contributed by atoms with van der Waals surface area (Å²) < 4.78 is 42.2. The van der Waals surface area contributed by atoms with E-state index in [9.17, 15) is 18.0 Å². The molecule has 19 heavy (non-hydrogen) atoms. The molecule has 0 saturated heterocycles. The van der Waals surface area contributed by atoms with E-state index in [0.717, 1.165) is 6.20 Å². The molecular weight excluding hydrogens is 281 g/mol. The van der Waals surface area contributed by atoms with Gasteiger partial charge in [0, 0.05) is 12.4 Å². The summed E-state index contributed by atoms with van der Waals surface area (Å²) >= 11 is 0.300. The second kappa shape index (κ2) is 4.96. The van der Waals surface area contributed by atoms with Crippen LogP contribution < -0.4 is 4.74 Å². The fourth-order valence-corrected chi connectivity index (χ4v) is 2.11. The van der Waals surface area contributed by atoms with Gasteiger partial charge in [-0.1, -0.05) is 0 Å². The van der Waals surface area contributed by atoms with Gasteiger partial charge in [0.15, 0.2) is 5.01 Å². The molecule has 0 saturated carbocycles. The van der Waals surface area contributed by atoms with Crippen LogP contribution >= 0.6 is 11.3 Å². The summed E-state index contributed by atoms with van der Waals surface area (Å²) in [4.78, 5) is 18.9. The molecule has 0 aliphatic heterocycles. The second-order valence-electron chi connectivity index (χ2n) is 3.43. The van der Waals surface area contributed by atoms with Crippen molar-refractivity contribution in [2.24, 2.45) is 0 Å². The fourth-order valence-electron chi connectivity index (χ4n) is 1.37. The first-order valence-electron chi connectivity index (χ1n) is 4.99. The van der Waals surface area contributed by atoms with Gasteiger partial charge in [0.1, 0.15) is 5.75 Å². The average molecular weight is 288 g/mol. The van der Waals surface area contributed by atoms with Gasteiger partial charge in [-0.05, 0) is 6.07 Å². The first-order valence-corrected chi connectivity index (χ1v) is 5.81. The Morgan fingerprint density at radius 3 is 2.68 bits per heavy atom. The van der Waals surface area contributed by atoms with Crippen molar-refractivity contribution in [3.63, 3.8) is 0 Å². The molecule has 2 rings (SSSR count). The lowest BCUT2D eigenvalue weighted by molar-refractivity contribution is -0.137. The van der Waals surface area contributed by atoms with Gasteiger partial charge in [-0.15, -0.1) is 11.3 Å². The maximum absolute atomic E-state index is 12.4. The van der Waals surface area contributed by atoms with Crippen molar-refractivity contribution in [2.45, 2.75) is 6.18 Å². The lowest BCUT2D eigenvalue weighted by Crippen LogP contribution is -2.03. The third-order valence-electron chi connectivity index (χ3n) is 2.22. The van der Waals surface area contributed by atoms with Crippen LogP contribution in [0.5, 0.6) is 5.75 Å². The number of nitrogens with zero attached hydrogens (tertiary/aromatic N) is 2. The van der Waals surface area contributed by atoms with Crippen LogP contribution in [0.1, 0.15) is 20.2 Å². The lowest BCUT2D eigenvalue weighted by atomic mass is 10.1. The van der Waals surface area contributed by atoms with Crippen LogP contribution in [-0.4, -0.2) is 22.9 Å². The Labute approximate surface area is 109 Å². The van der Waals surface area contributed by atoms with Crippen LogP contribution in [0.25, 0.3) is 0 Å². The minimum absolute atomic E-state index is 0.100. The number of rotatable bonds is 3. The summed E-state index contributed by atoms with van der Waals surface area (Å²) in [7, 11) is 1.35. The van der Waals surface area contributed by atoms with Crippen molar-refractivity contribution >= 4 is 17.1 Å². The van der Waals surface area contributed by atoms with E-state index in [1.54, 1.807) is 0 Å². The van der Waals surface area contributed by atoms with Crippen molar-refractivity contribution in [1.29, 1.82) is 0 Å². The van der Waals surface area contributed by atoms with E-state index in [4.69, 9.17) is 4.74 Å². The topological polar surface area (TPSA) is 52.1 Å². The highest BCUT2D eigenvalue weighted by atomic mass is 32.1. The molecular formula is C11H7F3N2O2S. The molecule has 0 atom stereocenters. The van der Waals surface area contributed by atoms with E-state index < -0.39 is 17.0 Å². The minimum Gasteiger partial charge on any atom is -0.494 e. The van der Waals surface area contributed by atoms with Gasteiger partial charge in [0.25, 0.3) is 0 Å². The summed E-state index contributed by atoms with van der Waals surface area (Å²) in [5.41, 5.74) is 0.148. The molecule has 0 fully saturated rings. The standard InChI is InChI=1S/C11H7F3N2O2S/c1-18-7-4-15-3-2-6(7)9(17)8-5-16-10(19-8)11(12,13)14/h2-5H,1H3. The van der Waals surface area contributed by atoms with Gasteiger partial charge in [-0.2, -0.15) is 13.2 Å². The number of methoxy groups -OCH3 is 1. The highest BCUT2D eigenvalue weighted by Crippen LogP contribution is 2.33. The zero-order chi connectivity index (χ0) is 14.0. The third-order valence-corrected chi connectivity index (χ3v) is 3.26. The van der Waals surface area contributed by atoms with Crippen LogP contribution in [0.2, 0.25) is 0 Å². The molecule has 0 radical (unpaired) electrons. The molecule has 8 heteroatoms. The Hall–Kier alpha value is -1.96. The SMILES string of the molecule is COc1cnccc1C(=O)c1cnc(C(F)(F)F)s1. The number of ether oxygens (including phenoxy) is 1. The van der Waals surface area contributed by atoms with Gasteiger partial charge in [0.2, 0.25) is 5.78 Å². The number of carbonyl (C=O) groups is 1. The van der Waals surface area contributed by atoms with Crippen LogP contribution in [0.4, 0.5) is 13.2 Å². The molecule has 0 aliphatic rings. The summed E-state index contributed by atoms with van der Waals surface area (Å²) in [6, 6.07) is 1.38. The molecule has 2 heterocycles. The number of aromatic nitrogens is 2. The van der Waals surface area contributed by atoms with E-state index in [0.29, 0.717) is 11.3 Å². The third kappa shape index (κ3) is 2.73. The molecule has 2 aromatic rings. The molecule has 100 valence electrons. The number of alkyl halides is 3. The van der Waals surface area contributed by atoms with Gasteiger partial charge in [-0.3, -0.25) is 9.78 Å². The van der Waals surface area contributed by atoms with Gasteiger partial charge in [-0.25, -0.2) is 4.98 Å². The minimum atomic E-state index is -4.55. The molecule has 4 nitrogen and oxygen atoms in total. The normalized spacial score (nSPS) is 11.4. The number of hydrogen-bond acceptors (Lipinski definition) is 5. The molecule has 0 bridgehead atoms. The number of hydrogen-bond donors (Lipinski definition) is 0. The summed E-state index contributed by atoms with van der Waals surface area (Å²) in [5, 5.41) is -1.05. The van der Waals surface area contributed by atoms with E-state index >= 15 is 0 Å². The van der Waals surface area contributed by atoms with Crippen molar-refractivity contribution in [1.82, 2.24) is 9.97 Å². The van der Waals surface area contributed by atoms with Crippen molar-refractivity contribution in [2.75, 3.05) is 7.11 Å². The fraction of sp³-hybridized carbons (Fsp3) is 0.182. The van der Waals surface area contributed by atoms with E-state index in [1.807, 2.05) is 0 Å². The Bertz CT molecular complexity index is 610. The van der Waals surface area contributed by atoms with E-state index in [1.165, 1.54) is 25.6 Å². The first-order chi connectivity index (χ1) is 8.93. The number of ketones is 1. The highest BCUT2D eigenvalue weighted by molar-refractivity contribution is 7.14. The number of carbonyl (C=O) groups excluding carboxylic acids is 1. The predicted octanol–water partition coefficient (Wildman–Crippen LogP) is 2.80. The maximum Gasteiger partial charge on any atom is 0.443 e. The zero-order valence-electron chi connectivity index (χ0n) is 9.56. The second-order valence-corrected chi connectivity index (χ2v) is 4.46. The quantitative estimate of drug-likeness (QED) is 0.815. The average Bonchev–Trinajstić information content (AvgIpc) is 2.87. The van der Waals surface area contributed by atoms with Crippen LogP contribution in [0.3, 0.4) is 0 Å². The molecule has 0 N–H and O–H groups in total. The molecule has 2 aromatic heterocycles. The molecule has 0 amide bonds. The first kappa shape index (κ1) is 13.5. The zero-order valence-corrected chi connectivity index (χ0v) is 10.4. The predicted molar refractivity (Wildman–Crippen MR) is 61.3 cm³/mol. The van der Waals surface area contributed by atoms with Crippen LogP contribution in [0.15, 0.2) is 24.7 Å².